The first-order valence-electron chi connectivity index (χ1n) is 6.16. The minimum Gasteiger partial charge on any atom is -0.391 e. The summed E-state index contributed by atoms with van der Waals surface area (Å²) in [5.41, 5.74) is 0.762. The van der Waals surface area contributed by atoms with Crippen LogP contribution in [0.2, 0.25) is 0 Å². The molecule has 2 unspecified atom stereocenters. The summed E-state index contributed by atoms with van der Waals surface area (Å²) in [4.78, 5) is 11.8. The first-order valence-corrected chi connectivity index (χ1v) is 7.24. The molecule has 1 aromatic rings. The second-order valence-corrected chi connectivity index (χ2v) is 5.81. The van der Waals surface area contributed by atoms with Gasteiger partial charge in [0.15, 0.2) is 0 Å². The molecule has 1 aromatic carbocycles. The van der Waals surface area contributed by atoms with E-state index in [4.69, 9.17) is 0 Å². The lowest BCUT2D eigenvalue weighted by molar-refractivity contribution is 0.0955. The van der Waals surface area contributed by atoms with Gasteiger partial charge in [-0.3, -0.25) is 0 Å². The third kappa shape index (κ3) is 3.84. The van der Waals surface area contributed by atoms with Gasteiger partial charge in [-0.2, -0.15) is 0 Å². The molecule has 0 bridgehead atoms. The molecule has 0 radical (unpaired) electrons. The number of rotatable bonds is 2. The number of hydrogen-bond donors (Lipinski definition) is 3. The topological polar surface area (TPSA) is 61.4 Å². The number of benzene rings is 1. The molecule has 0 saturated heterocycles. The highest BCUT2D eigenvalue weighted by Crippen LogP contribution is 2.18. The average Bonchev–Trinajstić information content (AvgIpc) is 2.35. The Labute approximate surface area is 120 Å². The van der Waals surface area contributed by atoms with Crippen LogP contribution in [0, 0.1) is 3.57 Å². The van der Waals surface area contributed by atoms with E-state index < -0.39 is 6.10 Å². The van der Waals surface area contributed by atoms with Gasteiger partial charge in [0.2, 0.25) is 0 Å². The Morgan fingerprint density at radius 3 is 2.56 bits per heavy atom. The van der Waals surface area contributed by atoms with Crippen LogP contribution >= 0.6 is 22.6 Å². The van der Waals surface area contributed by atoms with E-state index in [0.29, 0.717) is 0 Å². The highest BCUT2D eigenvalue weighted by Gasteiger charge is 2.24. The number of aliphatic hydroxyl groups excluding tert-OH is 1. The number of halogens is 1. The SMILES string of the molecule is O=C(Nc1ccc(I)cc1)NC1CCCCC1O. The van der Waals surface area contributed by atoms with E-state index in [-0.39, 0.29) is 12.1 Å². The van der Waals surface area contributed by atoms with E-state index in [9.17, 15) is 9.90 Å². The molecule has 1 aliphatic rings. The lowest BCUT2D eigenvalue weighted by atomic mass is 9.93. The maximum Gasteiger partial charge on any atom is 0.319 e. The van der Waals surface area contributed by atoms with Crippen molar-refractivity contribution in [1.29, 1.82) is 0 Å². The number of aliphatic hydroxyl groups is 1. The molecule has 0 aromatic heterocycles. The van der Waals surface area contributed by atoms with Crippen molar-refractivity contribution in [2.45, 2.75) is 37.8 Å². The summed E-state index contributed by atoms with van der Waals surface area (Å²) in [5.74, 6) is 0. The van der Waals surface area contributed by atoms with Gasteiger partial charge >= 0.3 is 6.03 Å². The minimum atomic E-state index is -0.416. The molecule has 1 saturated carbocycles. The molecule has 18 heavy (non-hydrogen) atoms. The molecular weight excluding hydrogens is 343 g/mol. The van der Waals surface area contributed by atoms with E-state index >= 15 is 0 Å². The van der Waals surface area contributed by atoms with Gasteiger partial charge in [0, 0.05) is 9.26 Å². The Morgan fingerprint density at radius 2 is 1.89 bits per heavy atom. The fourth-order valence-corrected chi connectivity index (χ4v) is 2.51. The molecule has 1 aliphatic carbocycles. The van der Waals surface area contributed by atoms with Gasteiger partial charge in [0.05, 0.1) is 12.1 Å². The Bertz CT molecular complexity index is 408. The standard InChI is InChI=1S/C13H17IN2O2/c14-9-5-7-10(8-6-9)15-13(18)16-11-3-1-2-4-12(11)17/h5-8,11-12,17H,1-4H2,(H2,15,16,18). The smallest absolute Gasteiger partial charge is 0.319 e. The summed E-state index contributed by atoms with van der Waals surface area (Å²) in [6, 6.07) is 7.22. The predicted octanol–water partition coefficient (Wildman–Crippen LogP) is 2.72. The Kier molecular flexibility index (Phi) is 4.82. The van der Waals surface area contributed by atoms with Gasteiger partial charge < -0.3 is 15.7 Å². The van der Waals surface area contributed by atoms with Crippen LogP contribution in [0.25, 0.3) is 0 Å². The zero-order valence-corrected chi connectivity index (χ0v) is 12.2. The number of anilines is 1. The number of amides is 2. The van der Waals surface area contributed by atoms with E-state index in [2.05, 4.69) is 33.2 Å². The number of carbonyl (C=O) groups excluding carboxylic acids is 1. The summed E-state index contributed by atoms with van der Waals surface area (Å²) in [7, 11) is 0. The minimum absolute atomic E-state index is 0.123. The van der Waals surface area contributed by atoms with Crippen LogP contribution in [0.1, 0.15) is 25.7 Å². The first-order chi connectivity index (χ1) is 8.65. The molecule has 3 N–H and O–H groups in total. The van der Waals surface area contributed by atoms with E-state index in [1.807, 2.05) is 24.3 Å². The van der Waals surface area contributed by atoms with Crippen molar-refractivity contribution in [3.05, 3.63) is 27.8 Å². The van der Waals surface area contributed by atoms with E-state index in [1.165, 1.54) is 0 Å². The van der Waals surface area contributed by atoms with Gasteiger partial charge in [-0.25, -0.2) is 4.79 Å². The summed E-state index contributed by atoms with van der Waals surface area (Å²) >= 11 is 2.22. The maximum absolute atomic E-state index is 11.8. The molecule has 2 amide bonds. The second kappa shape index (κ2) is 6.38. The molecule has 5 heteroatoms. The Morgan fingerprint density at radius 1 is 1.22 bits per heavy atom. The summed E-state index contributed by atoms with van der Waals surface area (Å²) < 4.78 is 1.13. The lowest BCUT2D eigenvalue weighted by Gasteiger charge is -2.28. The number of carbonyl (C=O) groups is 1. The van der Waals surface area contributed by atoms with Crippen LogP contribution < -0.4 is 10.6 Å². The second-order valence-electron chi connectivity index (χ2n) is 4.56. The highest BCUT2D eigenvalue weighted by molar-refractivity contribution is 14.1. The molecule has 4 nitrogen and oxygen atoms in total. The van der Waals surface area contributed by atoms with Crippen LogP contribution in [0.3, 0.4) is 0 Å². The van der Waals surface area contributed by atoms with Crippen LogP contribution in [0.5, 0.6) is 0 Å². The normalized spacial score (nSPS) is 23.4. The van der Waals surface area contributed by atoms with E-state index in [0.717, 1.165) is 34.9 Å². The van der Waals surface area contributed by atoms with Crippen molar-refractivity contribution in [3.8, 4) is 0 Å². The van der Waals surface area contributed by atoms with Gasteiger partial charge in [-0.05, 0) is 59.7 Å². The third-order valence-corrected chi connectivity index (χ3v) is 3.87. The number of hydrogen-bond acceptors (Lipinski definition) is 2. The first kappa shape index (κ1) is 13.6. The fraction of sp³-hybridized carbons (Fsp3) is 0.462. The zero-order valence-electron chi connectivity index (χ0n) is 10.0. The molecule has 2 rings (SSSR count). The van der Waals surface area contributed by atoms with Crippen molar-refractivity contribution in [2.75, 3.05) is 5.32 Å². The van der Waals surface area contributed by atoms with Crippen LogP contribution in [0.15, 0.2) is 24.3 Å². The quantitative estimate of drug-likeness (QED) is 0.711. The number of urea groups is 1. The number of nitrogens with one attached hydrogen (secondary N) is 2. The monoisotopic (exact) mass is 360 g/mol. The van der Waals surface area contributed by atoms with Crippen molar-refractivity contribution >= 4 is 34.3 Å². The average molecular weight is 360 g/mol. The van der Waals surface area contributed by atoms with Gasteiger partial charge in [0.25, 0.3) is 0 Å². The summed E-state index contributed by atoms with van der Waals surface area (Å²) in [6.07, 6.45) is 3.31. The van der Waals surface area contributed by atoms with Crippen LogP contribution in [-0.2, 0) is 0 Å². The summed E-state index contributed by atoms with van der Waals surface area (Å²) in [5, 5.41) is 15.4. The van der Waals surface area contributed by atoms with Crippen molar-refractivity contribution in [1.82, 2.24) is 5.32 Å². The van der Waals surface area contributed by atoms with Crippen molar-refractivity contribution < 1.29 is 9.90 Å². The molecule has 98 valence electrons. The largest absolute Gasteiger partial charge is 0.391 e. The van der Waals surface area contributed by atoms with Crippen LogP contribution in [0.4, 0.5) is 10.5 Å². The zero-order chi connectivity index (χ0) is 13.0. The van der Waals surface area contributed by atoms with Crippen LogP contribution in [-0.4, -0.2) is 23.3 Å². The predicted molar refractivity (Wildman–Crippen MR) is 79.6 cm³/mol. The molecule has 0 aliphatic heterocycles. The van der Waals surface area contributed by atoms with Crippen molar-refractivity contribution in [2.24, 2.45) is 0 Å². The molecule has 0 heterocycles. The lowest BCUT2D eigenvalue weighted by Crippen LogP contribution is -2.46. The fourth-order valence-electron chi connectivity index (χ4n) is 2.15. The summed E-state index contributed by atoms with van der Waals surface area (Å²) in [6.45, 7) is 0. The van der Waals surface area contributed by atoms with Gasteiger partial charge in [-0.1, -0.05) is 12.8 Å². The van der Waals surface area contributed by atoms with Gasteiger partial charge in [-0.15, -0.1) is 0 Å². The highest BCUT2D eigenvalue weighted by atomic mass is 127. The third-order valence-electron chi connectivity index (χ3n) is 3.15. The molecular formula is C13H17IN2O2. The molecule has 0 spiro atoms. The Balaban J connectivity index is 1.86. The van der Waals surface area contributed by atoms with Gasteiger partial charge in [0.1, 0.15) is 0 Å². The maximum atomic E-state index is 11.8. The Hall–Kier alpha value is -0.820. The molecule has 1 fully saturated rings. The molecule has 2 atom stereocenters. The van der Waals surface area contributed by atoms with Crippen molar-refractivity contribution in [3.63, 3.8) is 0 Å². The van der Waals surface area contributed by atoms with E-state index in [1.54, 1.807) is 0 Å².